The molecule has 0 spiro atoms. The average molecular weight is 897 g/mol. The fraction of sp³-hybridized carbons (Fsp3) is 0.0299. The highest BCUT2D eigenvalue weighted by molar-refractivity contribution is 7.79. The van der Waals surface area contributed by atoms with Gasteiger partial charge in [-0.15, -0.1) is 0 Å². The van der Waals surface area contributed by atoms with Gasteiger partial charge in [-0.05, 0) is 145 Å². The minimum Gasteiger partial charge on any atom is -0.0985 e. The van der Waals surface area contributed by atoms with Crippen LogP contribution in [0, 0.1) is 0 Å². The molecule has 0 radical (unpaired) electrons. The summed E-state index contributed by atoms with van der Waals surface area (Å²) in [5.41, 5.74) is 11.4. The lowest BCUT2D eigenvalue weighted by Crippen LogP contribution is -2.11. The van der Waals surface area contributed by atoms with E-state index in [1.807, 2.05) is 103 Å². The molecule has 0 aliphatic rings. The first-order valence-corrected chi connectivity index (χ1v) is 22.8. The molecule has 0 N–H and O–H groups in total. The normalized spacial score (nSPS) is 11.5. The van der Waals surface area contributed by atoms with Gasteiger partial charge >= 0.3 is 0 Å². The van der Waals surface area contributed by atoms with Crippen LogP contribution in [0.5, 0.6) is 0 Å². The highest BCUT2D eigenvalue weighted by Gasteiger charge is 2.16. The van der Waals surface area contributed by atoms with Crippen LogP contribution in [0.4, 0.5) is 0 Å². The molecule has 0 saturated heterocycles. The molecule has 5 aromatic rings. The van der Waals surface area contributed by atoms with Crippen molar-refractivity contribution in [2.45, 2.75) is 13.3 Å². The smallest absolute Gasteiger partial charge is 0.00803 e. The van der Waals surface area contributed by atoms with Gasteiger partial charge in [-0.1, -0.05) is 262 Å². The Kier molecular flexibility index (Phi) is 18.2. The van der Waals surface area contributed by atoms with Crippen molar-refractivity contribution < 1.29 is 0 Å². The Balaban J connectivity index is 1.96. The van der Waals surface area contributed by atoms with Gasteiger partial charge in [0.25, 0.3) is 0 Å². The van der Waals surface area contributed by atoms with Crippen LogP contribution in [-0.4, -0.2) is 5.37 Å². The zero-order valence-corrected chi connectivity index (χ0v) is 40.3. The van der Waals surface area contributed by atoms with Crippen molar-refractivity contribution in [3.63, 3.8) is 0 Å². The first-order valence-electron chi connectivity index (χ1n) is 22.3. The maximum Gasteiger partial charge on any atom is 0.00803 e. The van der Waals surface area contributed by atoms with E-state index in [0.29, 0.717) is 16.7 Å². The van der Waals surface area contributed by atoms with Crippen LogP contribution in [0.2, 0.25) is 0 Å². The minimum absolute atomic E-state index is 0.645. The Morgan fingerprint density at radius 1 is 0.515 bits per heavy atom. The summed E-state index contributed by atoms with van der Waals surface area (Å²) in [4.78, 5) is 0. The van der Waals surface area contributed by atoms with Crippen LogP contribution in [0.3, 0.4) is 0 Å². The van der Waals surface area contributed by atoms with Crippen LogP contribution in [0.15, 0.2) is 245 Å². The highest BCUT2D eigenvalue weighted by atomic mass is 32.1. The monoisotopic (exact) mass is 896 g/mol. The number of hydrogen-bond donors (Lipinski definition) is 0. The molecule has 0 atom stereocenters. The molecule has 0 amide bonds. The third-order valence-corrected chi connectivity index (χ3v) is 11.6. The Hall–Kier alpha value is -8.23. The lowest BCUT2D eigenvalue weighted by Gasteiger charge is -2.17. The molecule has 0 heterocycles. The van der Waals surface area contributed by atoms with Gasteiger partial charge in [-0.25, -0.2) is 0 Å². The lowest BCUT2D eigenvalue weighted by atomic mass is 9.87. The van der Waals surface area contributed by atoms with E-state index in [-0.39, 0.29) is 0 Å². The molecule has 0 bridgehead atoms. The molecule has 0 aromatic heterocycles. The fourth-order valence-corrected chi connectivity index (χ4v) is 7.92. The second-order valence-electron chi connectivity index (χ2n) is 16.1. The predicted octanol–water partition coefficient (Wildman–Crippen LogP) is 15.8. The van der Waals surface area contributed by atoms with Crippen molar-refractivity contribution >= 4 is 94.3 Å². The molecule has 334 valence electrons. The van der Waals surface area contributed by atoms with Gasteiger partial charge in [0, 0.05) is 5.37 Å². The van der Waals surface area contributed by atoms with E-state index in [1.165, 1.54) is 0 Å². The number of benzene rings is 3. The summed E-state index contributed by atoms with van der Waals surface area (Å²) in [6.45, 7) is 55.0. The average Bonchev–Trinajstić information content (AvgIpc) is 3.34. The van der Waals surface area contributed by atoms with E-state index >= 15 is 0 Å². The summed E-state index contributed by atoms with van der Waals surface area (Å²) in [6, 6.07) is 39.1. The van der Waals surface area contributed by atoms with Gasteiger partial charge in [-0.2, -0.15) is 0 Å². The van der Waals surface area contributed by atoms with E-state index < -0.39 is 0 Å². The van der Waals surface area contributed by atoms with Gasteiger partial charge in [0.1, 0.15) is 0 Å². The van der Waals surface area contributed by atoms with Gasteiger partial charge < -0.3 is 0 Å². The van der Waals surface area contributed by atoms with Crippen LogP contribution in [-0.2, 0) is 0 Å². The van der Waals surface area contributed by atoms with E-state index in [1.54, 1.807) is 17.5 Å². The summed E-state index contributed by atoms with van der Waals surface area (Å²) in [5.74, 6) is 0. The van der Waals surface area contributed by atoms with Crippen molar-refractivity contribution in [3.05, 3.63) is 294 Å². The molecule has 0 fully saturated rings. The molecular formula is C67H60S. The lowest BCUT2D eigenvalue weighted by molar-refractivity contribution is 1.23. The third kappa shape index (κ3) is 12.4. The SMILES string of the molecule is C=CC(=C)/C=C\C(=C/C(=C)C=S)c1c(=C)ccccc(=C)c(C(/C=C\C(=C)C=C)=C/C(=C)C(=C)c2c(C=C)c(/C=C\CC)c(-c3ccc4ccccc4c3)c(=C)ccccc2=C)c2ccccc12. The number of allylic oxidation sites excluding steroid dienone is 16. The zero-order chi connectivity index (χ0) is 49.3. The number of hydrogen-bond acceptors (Lipinski definition) is 1. The number of thiocarbonyl (C=S) groups is 1. The summed E-state index contributed by atoms with van der Waals surface area (Å²) in [7, 11) is 0. The zero-order valence-electron chi connectivity index (χ0n) is 39.5. The molecule has 0 unspecified atom stereocenters. The number of fused-ring (bicyclic) bond motifs is 2. The van der Waals surface area contributed by atoms with Crippen molar-refractivity contribution in [1.29, 1.82) is 0 Å². The second kappa shape index (κ2) is 24.3. The Labute approximate surface area is 410 Å². The highest BCUT2D eigenvalue weighted by Crippen LogP contribution is 2.34. The molecule has 68 heavy (non-hydrogen) atoms. The van der Waals surface area contributed by atoms with Gasteiger partial charge in [0.2, 0.25) is 0 Å². The summed E-state index contributed by atoms with van der Waals surface area (Å²) < 4.78 is 0. The van der Waals surface area contributed by atoms with E-state index in [2.05, 4.69) is 139 Å². The van der Waals surface area contributed by atoms with Crippen LogP contribution < -0.4 is 20.9 Å². The molecule has 5 aromatic carbocycles. The van der Waals surface area contributed by atoms with E-state index in [9.17, 15) is 0 Å². The van der Waals surface area contributed by atoms with Gasteiger partial charge in [-0.3, -0.25) is 0 Å². The van der Waals surface area contributed by atoms with Crippen LogP contribution >= 0.6 is 12.2 Å². The Morgan fingerprint density at radius 3 is 1.51 bits per heavy atom. The van der Waals surface area contributed by atoms with E-state index in [4.69, 9.17) is 25.4 Å². The Bertz CT molecular complexity index is 3440. The van der Waals surface area contributed by atoms with E-state index in [0.717, 1.165) is 110 Å². The molecule has 0 saturated carbocycles. The van der Waals surface area contributed by atoms with Crippen LogP contribution in [0.1, 0.15) is 41.2 Å². The van der Waals surface area contributed by atoms with Crippen molar-refractivity contribution in [1.82, 2.24) is 0 Å². The van der Waals surface area contributed by atoms with Gasteiger partial charge in [0.05, 0.1) is 0 Å². The third-order valence-electron chi connectivity index (χ3n) is 11.3. The maximum atomic E-state index is 5.34. The minimum atomic E-state index is 0.645. The Morgan fingerprint density at radius 2 is 1.00 bits per heavy atom. The fourth-order valence-electron chi connectivity index (χ4n) is 7.85. The molecule has 0 aliphatic carbocycles. The molecule has 1 heteroatoms. The molecule has 0 aliphatic heterocycles. The van der Waals surface area contributed by atoms with Crippen molar-refractivity contribution in [2.75, 3.05) is 0 Å². The first-order chi connectivity index (χ1) is 32.8. The first kappa shape index (κ1) is 50.8. The van der Waals surface area contributed by atoms with Gasteiger partial charge in [0.15, 0.2) is 0 Å². The molecule has 5 rings (SSSR count). The summed E-state index contributed by atoms with van der Waals surface area (Å²) in [5, 5.41) is 8.79. The summed E-state index contributed by atoms with van der Waals surface area (Å²) in [6.07, 6.45) is 22.3. The number of rotatable bonds is 17. The van der Waals surface area contributed by atoms with Crippen molar-refractivity contribution in [3.8, 4) is 11.1 Å². The van der Waals surface area contributed by atoms with Crippen molar-refractivity contribution in [2.24, 2.45) is 0 Å². The topological polar surface area (TPSA) is 0 Å². The second-order valence-corrected chi connectivity index (χ2v) is 16.3. The summed E-state index contributed by atoms with van der Waals surface area (Å²) >= 11 is 5.34. The van der Waals surface area contributed by atoms with Crippen LogP contribution in [0.25, 0.3) is 87.9 Å². The predicted molar refractivity (Wildman–Crippen MR) is 312 cm³/mol. The quantitative estimate of drug-likeness (QED) is 0.0509. The maximum absolute atomic E-state index is 5.34. The standard InChI is InChI=1S/C67H60S/c1-14-18-33-61-60(17-4)64(49(8)27-19-20-30-52(11)67(61)59-41-40-55-31-23-24-32-56(55)44-59)54(13)53(12)43-58(39-37-47(6)16-3)66-51(10)29-22-21-28-50(9)65(62-34-25-26-35-63(62)66)57(42-48(7)45-68)38-36-46(5)15-2/h15-45H,2-14H2,1H3/b27-19?,28-21?,29-22?,30-20?,33-18-,38-36-,39-37-,57-42+,58-43+,64-60?,65-62?,66-63?,67-61?. The largest absolute Gasteiger partial charge is 0.0985 e. The molecule has 0 nitrogen and oxygen atoms in total. The molecular weight excluding hydrogens is 837 g/mol.